The molecular weight excluding hydrogens is 276 g/mol. The van der Waals surface area contributed by atoms with Crippen LogP contribution in [0.2, 0.25) is 0 Å². The highest BCUT2D eigenvalue weighted by molar-refractivity contribution is 7.89. The predicted molar refractivity (Wildman–Crippen MR) is 79.2 cm³/mol. The molecule has 0 aliphatic heterocycles. The topological polar surface area (TPSA) is 81.4 Å². The second-order valence-corrected chi connectivity index (χ2v) is 7.20. The van der Waals surface area contributed by atoms with Gasteiger partial charge in [-0.05, 0) is 36.8 Å². The highest BCUT2D eigenvalue weighted by atomic mass is 32.2. The van der Waals surface area contributed by atoms with Gasteiger partial charge in [-0.1, -0.05) is 13.3 Å². The number of nitrogen functional groups attached to an aromatic ring is 1. The summed E-state index contributed by atoms with van der Waals surface area (Å²) in [5.74, 6) is 0.377. The Balaban J connectivity index is 2.14. The number of rotatable bonds is 6. The maximum absolute atomic E-state index is 12.3. The van der Waals surface area contributed by atoms with Crippen molar-refractivity contribution in [3.63, 3.8) is 0 Å². The standard InChI is InChI=1S/C14H22N2O3S/c1-3-14(7-4-8-14)10-16-20(17,18)11-5-6-12(15)13(9-11)19-2/h5-6,9,16H,3-4,7-8,10,15H2,1-2H3. The van der Waals surface area contributed by atoms with Gasteiger partial charge < -0.3 is 10.5 Å². The summed E-state index contributed by atoms with van der Waals surface area (Å²) in [4.78, 5) is 0.189. The fraction of sp³-hybridized carbons (Fsp3) is 0.571. The average Bonchev–Trinajstić information content (AvgIpc) is 2.38. The van der Waals surface area contributed by atoms with E-state index in [1.54, 1.807) is 6.07 Å². The molecule has 0 amide bonds. The summed E-state index contributed by atoms with van der Waals surface area (Å²) in [6, 6.07) is 4.50. The van der Waals surface area contributed by atoms with Crippen molar-refractivity contribution >= 4 is 15.7 Å². The third-order valence-electron chi connectivity index (χ3n) is 4.32. The molecule has 2 rings (SSSR count). The predicted octanol–water partition coefficient (Wildman–Crippen LogP) is 2.14. The van der Waals surface area contributed by atoms with Crippen molar-refractivity contribution in [3.05, 3.63) is 18.2 Å². The SMILES string of the molecule is CCC1(CNS(=O)(=O)c2ccc(N)c(OC)c2)CCC1. The highest BCUT2D eigenvalue weighted by Crippen LogP contribution is 2.43. The summed E-state index contributed by atoms with van der Waals surface area (Å²) in [6.07, 6.45) is 4.37. The molecule has 0 unspecified atom stereocenters. The van der Waals surface area contributed by atoms with Crippen molar-refractivity contribution in [2.24, 2.45) is 5.41 Å². The van der Waals surface area contributed by atoms with E-state index in [4.69, 9.17) is 10.5 Å². The molecule has 0 aromatic heterocycles. The molecule has 0 bridgehead atoms. The van der Waals surface area contributed by atoms with E-state index in [1.165, 1.54) is 25.7 Å². The lowest BCUT2D eigenvalue weighted by atomic mass is 9.67. The third kappa shape index (κ3) is 2.91. The van der Waals surface area contributed by atoms with Crippen molar-refractivity contribution < 1.29 is 13.2 Å². The minimum atomic E-state index is -3.51. The Kier molecular flexibility index (Phi) is 4.25. The van der Waals surface area contributed by atoms with Crippen molar-refractivity contribution in [1.82, 2.24) is 4.72 Å². The van der Waals surface area contributed by atoms with Gasteiger partial charge in [0.15, 0.2) is 0 Å². The molecule has 3 N–H and O–H groups in total. The van der Waals surface area contributed by atoms with Crippen molar-refractivity contribution in [1.29, 1.82) is 0 Å². The molecule has 1 saturated carbocycles. The summed E-state index contributed by atoms with van der Waals surface area (Å²) in [7, 11) is -2.05. The van der Waals surface area contributed by atoms with Gasteiger partial charge in [0.1, 0.15) is 5.75 Å². The first kappa shape index (κ1) is 15.1. The van der Waals surface area contributed by atoms with Gasteiger partial charge >= 0.3 is 0 Å². The van der Waals surface area contributed by atoms with Crippen LogP contribution in [0.25, 0.3) is 0 Å². The Labute approximate surface area is 120 Å². The molecule has 1 aliphatic rings. The first-order valence-corrected chi connectivity index (χ1v) is 8.34. The molecule has 0 radical (unpaired) electrons. The molecule has 112 valence electrons. The van der Waals surface area contributed by atoms with E-state index >= 15 is 0 Å². The zero-order chi connectivity index (χ0) is 14.8. The van der Waals surface area contributed by atoms with E-state index in [0.717, 1.165) is 19.3 Å². The van der Waals surface area contributed by atoms with Crippen molar-refractivity contribution in [2.45, 2.75) is 37.5 Å². The lowest BCUT2D eigenvalue weighted by Gasteiger charge is -2.41. The van der Waals surface area contributed by atoms with E-state index in [2.05, 4.69) is 11.6 Å². The Morgan fingerprint density at radius 3 is 2.60 bits per heavy atom. The summed E-state index contributed by atoms with van der Waals surface area (Å²) in [5.41, 5.74) is 6.27. The lowest BCUT2D eigenvalue weighted by Crippen LogP contribution is -2.41. The zero-order valence-corrected chi connectivity index (χ0v) is 12.8. The number of sulfonamides is 1. The Morgan fingerprint density at radius 1 is 1.40 bits per heavy atom. The maximum atomic E-state index is 12.3. The van der Waals surface area contributed by atoms with Crippen LogP contribution in [-0.4, -0.2) is 22.1 Å². The number of hydrogen-bond donors (Lipinski definition) is 2. The first-order valence-electron chi connectivity index (χ1n) is 6.86. The molecule has 1 aliphatic carbocycles. The Morgan fingerprint density at radius 2 is 2.10 bits per heavy atom. The molecule has 0 atom stereocenters. The number of benzene rings is 1. The van der Waals surface area contributed by atoms with Crippen molar-refractivity contribution in [2.75, 3.05) is 19.4 Å². The number of hydrogen-bond acceptors (Lipinski definition) is 4. The normalized spacial score (nSPS) is 17.5. The molecule has 0 spiro atoms. The molecule has 1 fully saturated rings. The van der Waals surface area contributed by atoms with Crippen LogP contribution in [0.3, 0.4) is 0 Å². The monoisotopic (exact) mass is 298 g/mol. The van der Waals surface area contributed by atoms with Gasteiger partial charge in [0, 0.05) is 12.6 Å². The van der Waals surface area contributed by atoms with E-state index in [1.807, 2.05) is 0 Å². The molecule has 1 aromatic rings. The van der Waals surface area contributed by atoms with Gasteiger partial charge in [-0.15, -0.1) is 0 Å². The van der Waals surface area contributed by atoms with Crippen LogP contribution in [-0.2, 0) is 10.0 Å². The number of anilines is 1. The van der Waals surface area contributed by atoms with Crippen molar-refractivity contribution in [3.8, 4) is 5.75 Å². The molecule has 20 heavy (non-hydrogen) atoms. The molecular formula is C14H22N2O3S. The Hall–Kier alpha value is -1.27. The molecule has 5 nitrogen and oxygen atoms in total. The molecule has 0 heterocycles. The molecule has 0 saturated heterocycles. The summed E-state index contributed by atoms with van der Waals surface area (Å²) >= 11 is 0. The van der Waals surface area contributed by atoms with E-state index in [9.17, 15) is 8.42 Å². The van der Waals surface area contributed by atoms with E-state index in [-0.39, 0.29) is 10.3 Å². The van der Waals surface area contributed by atoms with Crippen LogP contribution in [0.1, 0.15) is 32.6 Å². The van der Waals surface area contributed by atoms with Gasteiger partial charge in [0.25, 0.3) is 0 Å². The van der Waals surface area contributed by atoms with Crippen LogP contribution in [0.4, 0.5) is 5.69 Å². The summed E-state index contributed by atoms with van der Waals surface area (Å²) in [5, 5.41) is 0. The second kappa shape index (κ2) is 5.61. The number of nitrogens with one attached hydrogen (secondary N) is 1. The quantitative estimate of drug-likeness (QED) is 0.788. The smallest absolute Gasteiger partial charge is 0.240 e. The van der Waals surface area contributed by atoms with Crippen LogP contribution >= 0.6 is 0 Å². The summed E-state index contributed by atoms with van der Waals surface area (Å²) < 4.78 is 32.4. The van der Waals surface area contributed by atoms with Gasteiger partial charge in [-0.25, -0.2) is 13.1 Å². The maximum Gasteiger partial charge on any atom is 0.240 e. The largest absolute Gasteiger partial charge is 0.495 e. The van der Waals surface area contributed by atoms with Gasteiger partial charge in [0.05, 0.1) is 17.7 Å². The summed E-state index contributed by atoms with van der Waals surface area (Å²) in [6.45, 7) is 2.61. The highest BCUT2D eigenvalue weighted by Gasteiger charge is 2.36. The number of nitrogens with two attached hydrogens (primary N) is 1. The minimum absolute atomic E-state index is 0.144. The van der Waals surface area contributed by atoms with E-state index < -0.39 is 10.0 Å². The zero-order valence-electron chi connectivity index (χ0n) is 12.0. The van der Waals surface area contributed by atoms with Crippen LogP contribution in [0.5, 0.6) is 5.75 Å². The second-order valence-electron chi connectivity index (χ2n) is 5.44. The fourth-order valence-corrected chi connectivity index (χ4v) is 3.69. The minimum Gasteiger partial charge on any atom is -0.495 e. The van der Waals surface area contributed by atoms with Crippen LogP contribution in [0, 0.1) is 5.41 Å². The molecule has 1 aromatic carbocycles. The van der Waals surface area contributed by atoms with Gasteiger partial charge in [-0.3, -0.25) is 0 Å². The van der Waals surface area contributed by atoms with Gasteiger partial charge in [0.2, 0.25) is 10.0 Å². The van der Waals surface area contributed by atoms with E-state index in [0.29, 0.717) is 18.0 Å². The van der Waals surface area contributed by atoms with Crippen LogP contribution in [0.15, 0.2) is 23.1 Å². The van der Waals surface area contributed by atoms with Gasteiger partial charge in [-0.2, -0.15) is 0 Å². The number of ether oxygens (including phenoxy) is 1. The first-order chi connectivity index (χ1) is 9.42. The fourth-order valence-electron chi connectivity index (χ4n) is 2.52. The molecule has 6 heteroatoms. The number of methoxy groups -OCH3 is 1. The Bertz CT molecular complexity index is 575. The van der Waals surface area contributed by atoms with Crippen LogP contribution < -0.4 is 15.2 Å². The third-order valence-corrected chi connectivity index (χ3v) is 5.72. The average molecular weight is 298 g/mol. The lowest BCUT2D eigenvalue weighted by molar-refractivity contribution is 0.133.